The molecule has 1 heterocycles. The Balaban J connectivity index is 1.53. The van der Waals surface area contributed by atoms with Crippen molar-refractivity contribution in [1.82, 2.24) is 0 Å². The number of rotatable bonds is 6. The number of hydrogen-bond donors (Lipinski definition) is 1. The minimum absolute atomic E-state index is 0.0247. The molecule has 0 spiro atoms. The van der Waals surface area contributed by atoms with Crippen LogP contribution in [0.2, 0.25) is 0 Å². The number of carbonyl (C=O) groups is 1. The van der Waals surface area contributed by atoms with E-state index in [-0.39, 0.29) is 5.91 Å². The molecule has 0 atom stereocenters. The van der Waals surface area contributed by atoms with Crippen molar-refractivity contribution in [2.45, 2.75) is 13.3 Å². The Hall–Kier alpha value is -2.53. The molecule has 25 heavy (non-hydrogen) atoms. The van der Waals surface area contributed by atoms with Gasteiger partial charge in [-0.3, -0.25) is 4.79 Å². The molecule has 0 aliphatic carbocycles. The number of benzene rings is 2. The third-order valence-corrected chi connectivity index (χ3v) is 4.13. The molecule has 2 aromatic rings. The molecule has 1 amide bonds. The quantitative estimate of drug-likeness (QED) is 0.878. The maximum Gasteiger partial charge on any atom is 0.228 e. The smallest absolute Gasteiger partial charge is 0.228 e. The summed E-state index contributed by atoms with van der Waals surface area (Å²) in [6, 6.07) is 15.6. The zero-order valence-corrected chi connectivity index (χ0v) is 14.5. The second-order valence-electron chi connectivity index (χ2n) is 5.95. The van der Waals surface area contributed by atoms with Gasteiger partial charge in [0.15, 0.2) is 0 Å². The number of hydrogen-bond acceptors (Lipinski definition) is 4. The van der Waals surface area contributed by atoms with Gasteiger partial charge in [0.25, 0.3) is 0 Å². The van der Waals surface area contributed by atoms with Gasteiger partial charge in [0, 0.05) is 24.5 Å². The van der Waals surface area contributed by atoms with Crippen LogP contribution in [0.15, 0.2) is 48.5 Å². The molecule has 2 aromatic carbocycles. The van der Waals surface area contributed by atoms with E-state index in [1.807, 2.05) is 55.5 Å². The van der Waals surface area contributed by atoms with E-state index in [1.54, 1.807) is 0 Å². The fourth-order valence-electron chi connectivity index (χ4n) is 2.84. The van der Waals surface area contributed by atoms with Crippen molar-refractivity contribution >= 4 is 17.3 Å². The number of anilines is 2. The predicted octanol–water partition coefficient (Wildman–Crippen LogP) is 3.10. The molecule has 1 N–H and O–H groups in total. The summed E-state index contributed by atoms with van der Waals surface area (Å²) in [6.07, 6.45) is 0.345. The van der Waals surface area contributed by atoms with Crippen LogP contribution in [0.5, 0.6) is 5.75 Å². The van der Waals surface area contributed by atoms with E-state index in [9.17, 15) is 4.79 Å². The Kier molecular flexibility index (Phi) is 5.90. The molecule has 1 fully saturated rings. The van der Waals surface area contributed by atoms with Crippen LogP contribution >= 0.6 is 0 Å². The molecule has 1 aliphatic rings. The monoisotopic (exact) mass is 340 g/mol. The van der Waals surface area contributed by atoms with Crippen LogP contribution in [0.3, 0.4) is 0 Å². The molecule has 0 unspecified atom stereocenters. The summed E-state index contributed by atoms with van der Waals surface area (Å²) in [5.41, 5.74) is 2.94. The van der Waals surface area contributed by atoms with Crippen LogP contribution < -0.4 is 15.0 Å². The number of nitrogens with one attached hydrogen (secondary N) is 1. The van der Waals surface area contributed by atoms with Crippen molar-refractivity contribution in [2.75, 3.05) is 43.1 Å². The molecular weight excluding hydrogens is 316 g/mol. The summed E-state index contributed by atoms with van der Waals surface area (Å²) in [5, 5.41) is 2.95. The van der Waals surface area contributed by atoms with E-state index in [0.717, 1.165) is 49.0 Å². The molecule has 3 rings (SSSR count). The summed E-state index contributed by atoms with van der Waals surface area (Å²) in [7, 11) is 0. The van der Waals surface area contributed by atoms with E-state index < -0.39 is 0 Å². The lowest BCUT2D eigenvalue weighted by Gasteiger charge is -2.28. The highest BCUT2D eigenvalue weighted by Gasteiger charge is 2.11. The van der Waals surface area contributed by atoms with Crippen LogP contribution in [0.1, 0.15) is 12.5 Å². The molecule has 132 valence electrons. The van der Waals surface area contributed by atoms with Gasteiger partial charge in [-0.1, -0.05) is 12.1 Å². The first-order chi connectivity index (χ1) is 12.2. The first kappa shape index (κ1) is 17.3. The number of ether oxygens (including phenoxy) is 2. The van der Waals surface area contributed by atoms with E-state index in [2.05, 4.69) is 10.2 Å². The lowest BCUT2D eigenvalue weighted by molar-refractivity contribution is -0.115. The van der Waals surface area contributed by atoms with Gasteiger partial charge in [-0.15, -0.1) is 0 Å². The molecule has 0 aromatic heterocycles. The van der Waals surface area contributed by atoms with Crippen molar-refractivity contribution in [1.29, 1.82) is 0 Å². The van der Waals surface area contributed by atoms with Crippen molar-refractivity contribution in [3.8, 4) is 5.75 Å². The summed E-state index contributed by atoms with van der Waals surface area (Å²) >= 11 is 0. The maximum atomic E-state index is 12.2. The van der Waals surface area contributed by atoms with Gasteiger partial charge in [-0.2, -0.15) is 0 Å². The van der Waals surface area contributed by atoms with E-state index in [0.29, 0.717) is 13.0 Å². The largest absolute Gasteiger partial charge is 0.494 e. The van der Waals surface area contributed by atoms with Gasteiger partial charge in [-0.25, -0.2) is 0 Å². The topological polar surface area (TPSA) is 50.8 Å². The second-order valence-corrected chi connectivity index (χ2v) is 5.95. The average Bonchev–Trinajstić information content (AvgIpc) is 2.65. The summed E-state index contributed by atoms with van der Waals surface area (Å²) in [5.74, 6) is 0.800. The lowest BCUT2D eigenvalue weighted by atomic mass is 10.1. The Morgan fingerprint density at radius 3 is 2.40 bits per heavy atom. The minimum atomic E-state index is -0.0247. The van der Waals surface area contributed by atoms with E-state index in [1.165, 1.54) is 0 Å². The standard InChI is InChI=1S/C20H24N2O3/c1-2-25-19-9-3-16(4-10-19)15-20(23)21-17-5-7-18(8-6-17)22-11-13-24-14-12-22/h3-10H,2,11-15H2,1H3,(H,21,23). The Morgan fingerprint density at radius 2 is 1.76 bits per heavy atom. The highest BCUT2D eigenvalue weighted by atomic mass is 16.5. The summed E-state index contributed by atoms with van der Waals surface area (Å²) < 4.78 is 10.8. The highest BCUT2D eigenvalue weighted by Crippen LogP contribution is 2.19. The molecule has 1 aliphatic heterocycles. The summed E-state index contributed by atoms with van der Waals surface area (Å²) in [4.78, 5) is 14.5. The van der Waals surface area contributed by atoms with Crippen LogP contribution in [-0.4, -0.2) is 38.8 Å². The zero-order valence-electron chi connectivity index (χ0n) is 14.5. The molecule has 5 heteroatoms. The van der Waals surface area contributed by atoms with Crippen molar-refractivity contribution in [3.63, 3.8) is 0 Å². The second kappa shape index (κ2) is 8.53. The van der Waals surface area contributed by atoms with Gasteiger partial charge in [-0.05, 0) is 48.9 Å². The van der Waals surface area contributed by atoms with Gasteiger partial charge in [0.1, 0.15) is 5.75 Å². The molecule has 1 saturated heterocycles. The van der Waals surface area contributed by atoms with Gasteiger partial charge in [0.05, 0.1) is 26.2 Å². The highest BCUT2D eigenvalue weighted by molar-refractivity contribution is 5.92. The number of nitrogens with zero attached hydrogens (tertiary/aromatic N) is 1. The fourth-order valence-corrected chi connectivity index (χ4v) is 2.84. The Labute approximate surface area is 148 Å². The summed E-state index contributed by atoms with van der Waals surface area (Å²) in [6.45, 7) is 5.93. The normalized spacial score (nSPS) is 14.2. The average molecular weight is 340 g/mol. The van der Waals surface area contributed by atoms with Crippen molar-refractivity contribution in [2.24, 2.45) is 0 Å². The SMILES string of the molecule is CCOc1ccc(CC(=O)Nc2ccc(N3CCOCC3)cc2)cc1. The molecule has 5 nitrogen and oxygen atoms in total. The Morgan fingerprint density at radius 1 is 1.08 bits per heavy atom. The third-order valence-electron chi connectivity index (χ3n) is 4.13. The fraction of sp³-hybridized carbons (Fsp3) is 0.350. The van der Waals surface area contributed by atoms with Crippen molar-refractivity contribution in [3.05, 3.63) is 54.1 Å². The van der Waals surface area contributed by atoms with Crippen LogP contribution in [0.4, 0.5) is 11.4 Å². The van der Waals surface area contributed by atoms with Crippen LogP contribution in [0, 0.1) is 0 Å². The zero-order chi connectivity index (χ0) is 17.5. The first-order valence-electron chi connectivity index (χ1n) is 8.69. The number of morpholine rings is 1. The van der Waals surface area contributed by atoms with E-state index in [4.69, 9.17) is 9.47 Å². The maximum absolute atomic E-state index is 12.2. The third kappa shape index (κ3) is 4.97. The lowest BCUT2D eigenvalue weighted by Crippen LogP contribution is -2.36. The molecule has 0 radical (unpaired) electrons. The number of carbonyl (C=O) groups excluding carboxylic acids is 1. The van der Waals surface area contributed by atoms with Crippen LogP contribution in [-0.2, 0) is 16.0 Å². The molecule has 0 bridgehead atoms. The molecular formula is C20H24N2O3. The predicted molar refractivity (Wildman–Crippen MR) is 99.4 cm³/mol. The minimum Gasteiger partial charge on any atom is -0.494 e. The van der Waals surface area contributed by atoms with Crippen LogP contribution in [0.25, 0.3) is 0 Å². The molecule has 0 saturated carbocycles. The van der Waals surface area contributed by atoms with Gasteiger partial charge in [0.2, 0.25) is 5.91 Å². The van der Waals surface area contributed by atoms with E-state index >= 15 is 0 Å². The Bertz CT molecular complexity index is 677. The van der Waals surface area contributed by atoms with Gasteiger partial charge < -0.3 is 19.7 Å². The van der Waals surface area contributed by atoms with Gasteiger partial charge >= 0.3 is 0 Å². The van der Waals surface area contributed by atoms with Crippen molar-refractivity contribution < 1.29 is 14.3 Å². The number of amides is 1. The first-order valence-corrected chi connectivity index (χ1v) is 8.69.